The lowest BCUT2D eigenvalue weighted by molar-refractivity contribution is -0.137. The molecule has 0 N–H and O–H groups in total. The summed E-state index contributed by atoms with van der Waals surface area (Å²) in [6.07, 6.45) is -4.30. The van der Waals surface area contributed by atoms with Crippen molar-refractivity contribution in [3.8, 4) is 0 Å². The Morgan fingerprint density at radius 1 is 1.00 bits per heavy atom. The largest absolute Gasteiger partial charge is 0.416 e. The van der Waals surface area contributed by atoms with E-state index in [0.29, 0.717) is 5.56 Å². The van der Waals surface area contributed by atoms with Gasteiger partial charge >= 0.3 is 6.18 Å². The van der Waals surface area contributed by atoms with Crippen molar-refractivity contribution in [1.82, 2.24) is 0 Å². The van der Waals surface area contributed by atoms with Crippen molar-refractivity contribution in [3.05, 3.63) is 65.7 Å². The molecule has 0 aliphatic heterocycles. The van der Waals surface area contributed by atoms with Crippen molar-refractivity contribution >= 4 is 11.6 Å². The topological polar surface area (TPSA) is 20.3 Å². The number of hydrogen-bond acceptors (Lipinski definition) is 1. The first-order valence-electron chi connectivity index (χ1n) is 6.35. The summed E-state index contributed by atoms with van der Waals surface area (Å²) in [5.41, 5.74) is 0.584. The molecule has 2 aromatic carbocycles. The minimum absolute atomic E-state index is 0.0591. The number of nitrogens with zero attached hydrogens (tertiary/aromatic N) is 1. The van der Waals surface area contributed by atoms with Gasteiger partial charge in [-0.3, -0.25) is 4.79 Å². The van der Waals surface area contributed by atoms with Gasteiger partial charge in [-0.05, 0) is 29.8 Å². The summed E-state index contributed by atoms with van der Waals surface area (Å²) < 4.78 is 37.4. The van der Waals surface area contributed by atoms with Crippen molar-refractivity contribution in [2.75, 3.05) is 11.9 Å². The zero-order valence-corrected chi connectivity index (χ0v) is 11.4. The first-order chi connectivity index (χ1) is 9.88. The highest BCUT2D eigenvalue weighted by Crippen LogP contribution is 2.29. The number of alkyl halides is 3. The molecule has 0 unspecified atom stereocenters. The maximum absolute atomic E-state index is 12.5. The molecule has 21 heavy (non-hydrogen) atoms. The molecule has 5 heteroatoms. The van der Waals surface area contributed by atoms with Crippen molar-refractivity contribution in [2.24, 2.45) is 0 Å². The SMILES string of the molecule is CN(C(=O)Cc1ccc(C(F)(F)F)cc1)c1ccccc1. The van der Waals surface area contributed by atoms with Crippen molar-refractivity contribution < 1.29 is 18.0 Å². The lowest BCUT2D eigenvalue weighted by Crippen LogP contribution is -2.27. The summed E-state index contributed by atoms with van der Waals surface area (Å²) >= 11 is 0. The molecule has 0 saturated heterocycles. The predicted octanol–water partition coefficient (Wildman–Crippen LogP) is 3.91. The molecule has 0 radical (unpaired) electrons. The molecule has 0 fully saturated rings. The highest BCUT2D eigenvalue weighted by molar-refractivity contribution is 5.94. The fraction of sp³-hybridized carbons (Fsp3) is 0.188. The molecule has 0 aliphatic carbocycles. The van der Waals surface area contributed by atoms with E-state index in [1.807, 2.05) is 18.2 Å². The fourth-order valence-electron chi connectivity index (χ4n) is 1.90. The van der Waals surface area contributed by atoms with E-state index in [1.54, 1.807) is 19.2 Å². The number of halogens is 3. The number of anilines is 1. The Morgan fingerprint density at radius 3 is 2.10 bits per heavy atom. The number of hydrogen-bond donors (Lipinski definition) is 0. The van der Waals surface area contributed by atoms with Gasteiger partial charge in [-0.2, -0.15) is 13.2 Å². The zero-order chi connectivity index (χ0) is 15.5. The average molecular weight is 293 g/mol. The third-order valence-electron chi connectivity index (χ3n) is 3.15. The van der Waals surface area contributed by atoms with E-state index in [1.165, 1.54) is 17.0 Å². The Bertz CT molecular complexity index is 606. The second-order valence-electron chi connectivity index (χ2n) is 4.66. The highest BCUT2D eigenvalue weighted by atomic mass is 19.4. The van der Waals surface area contributed by atoms with Gasteiger partial charge in [-0.15, -0.1) is 0 Å². The van der Waals surface area contributed by atoms with E-state index in [0.717, 1.165) is 17.8 Å². The second-order valence-corrected chi connectivity index (χ2v) is 4.66. The van der Waals surface area contributed by atoms with Crippen LogP contribution >= 0.6 is 0 Å². The molecule has 0 aliphatic rings. The number of carbonyl (C=O) groups is 1. The van der Waals surface area contributed by atoms with Gasteiger partial charge in [0, 0.05) is 12.7 Å². The van der Waals surface area contributed by atoms with Crippen LogP contribution in [0.4, 0.5) is 18.9 Å². The lowest BCUT2D eigenvalue weighted by Gasteiger charge is -2.17. The summed E-state index contributed by atoms with van der Waals surface area (Å²) in [5, 5.41) is 0. The van der Waals surface area contributed by atoms with E-state index >= 15 is 0 Å². The van der Waals surface area contributed by atoms with Crippen LogP contribution in [0.2, 0.25) is 0 Å². The van der Waals surface area contributed by atoms with E-state index < -0.39 is 11.7 Å². The molecule has 0 bridgehead atoms. The smallest absolute Gasteiger partial charge is 0.315 e. The Kier molecular flexibility index (Phi) is 4.31. The molecule has 1 amide bonds. The van der Waals surface area contributed by atoms with Gasteiger partial charge in [-0.25, -0.2) is 0 Å². The molecular weight excluding hydrogens is 279 g/mol. The second kappa shape index (κ2) is 5.99. The van der Waals surface area contributed by atoms with E-state index in [-0.39, 0.29) is 12.3 Å². The number of amides is 1. The summed E-state index contributed by atoms with van der Waals surface area (Å²) in [7, 11) is 1.64. The standard InChI is InChI=1S/C16H14F3NO/c1-20(14-5-3-2-4-6-14)15(21)11-12-7-9-13(10-8-12)16(17,18)19/h2-10H,11H2,1H3. The van der Waals surface area contributed by atoms with Gasteiger partial charge in [0.25, 0.3) is 0 Å². The Hall–Kier alpha value is -2.30. The Labute approximate surface area is 120 Å². The van der Waals surface area contributed by atoms with Crippen LogP contribution in [0.3, 0.4) is 0 Å². The maximum atomic E-state index is 12.5. The molecule has 0 atom stereocenters. The van der Waals surface area contributed by atoms with Crippen molar-refractivity contribution in [3.63, 3.8) is 0 Å². The Morgan fingerprint density at radius 2 is 1.57 bits per heavy atom. The van der Waals surface area contributed by atoms with Crippen LogP contribution < -0.4 is 4.90 Å². The zero-order valence-electron chi connectivity index (χ0n) is 11.4. The first kappa shape index (κ1) is 15.1. The monoisotopic (exact) mass is 293 g/mol. The Balaban J connectivity index is 2.06. The fourth-order valence-corrected chi connectivity index (χ4v) is 1.90. The number of carbonyl (C=O) groups excluding carboxylic acids is 1. The highest BCUT2D eigenvalue weighted by Gasteiger charge is 2.30. The maximum Gasteiger partial charge on any atom is 0.416 e. The lowest BCUT2D eigenvalue weighted by atomic mass is 10.1. The predicted molar refractivity (Wildman–Crippen MR) is 75.0 cm³/mol. The number of likely N-dealkylation sites (N-methyl/N-ethyl adjacent to an activating group) is 1. The van der Waals surface area contributed by atoms with Crippen LogP contribution in [0.5, 0.6) is 0 Å². The van der Waals surface area contributed by atoms with Gasteiger partial charge < -0.3 is 4.90 Å². The van der Waals surface area contributed by atoms with Crippen molar-refractivity contribution in [2.45, 2.75) is 12.6 Å². The van der Waals surface area contributed by atoms with Crippen LogP contribution in [0.25, 0.3) is 0 Å². The molecule has 0 saturated carbocycles. The molecule has 2 nitrogen and oxygen atoms in total. The van der Waals surface area contributed by atoms with Crippen LogP contribution in [0, 0.1) is 0 Å². The molecule has 0 heterocycles. The van der Waals surface area contributed by atoms with E-state index in [2.05, 4.69) is 0 Å². The molecule has 0 spiro atoms. The third kappa shape index (κ3) is 3.84. The van der Waals surface area contributed by atoms with E-state index in [9.17, 15) is 18.0 Å². The number of rotatable bonds is 3. The summed E-state index contributed by atoms with van der Waals surface area (Å²) in [6, 6.07) is 13.7. The normalized spacial score (nSPS) is 11.2. The van der Waals surface area contributed by atoms with Gasteiger partial charge in [0.2, 0.25) is 5.91 Å². The third-order valence-corrected chi connectivity index (χ3v) is 3.15. The molecule has 110 valence electrons. The molecule has 2 aromatic rings. The minimum atomic E-state index is -4.36. The molecule has 0 aromatic heterocycles. The van der Waals surface area contributed by atoms with Gasteiger partial charge in [0.15, 0.2) is 0 Å². The van der Waals surface area contributed by atoms with Gasteiger partial charge in [0.05, 0.1) is 12.0 Å². The number of benzene rings is 2. The first-order valence-corrected chi connectivity index (χ1v) is 6.35. The van der Waals surface area contributed by atoms with Crippen LogP contribution in [-0.2, 0) is 17.4 Å². The average Bonchev–Trinajstić information content (AvgIpc) is 2.47. The van der Waals surface area contributed by atoms with Crippen molar-refractivity contribution in [1.29, 1.82) is 0 Å². The van der Waals surface area contributed by atoms with Crippen LogP contribution in [0.1, 0.15) is 11.1 Å². The minimum Gasteiger partial charge on any atom is -0.315 e. The van der Waals surface area contributed by atoms with Gasteiger partial charge in [0.1, 0.15) is 0 Å². The molecule has 2 rings (SSSR count). The summed E-state index contributed by atoms with van der Waals surface area (Å²) in [4.78, 5) is 13.6. The molecular formula is C16H14F3NO. The van der Waals surface area contributed by atoms with Crippen LogP contribution in [0.15, 0.2) is 54.6 Å². The summed E-state index contributed by atoms with van der Waals surface area (Å²) in [6.45, 7) is 0. The summed E-state index contributed by atoms with van der Waals surface area (Å²) in [5.74, 6) is -0.180. The van der Waals surface area contributed by atoms with Crippen LogP contribution in [-0.4, -0.2) is 13.0 Å². The number of para-hydroxylation sites is 1. The quantitative estimate of drug-likeness (QED) is 0.840. The van der Waals surface area contributed by atoms with Gasteiger partial charge in [-0.1, -0.05) is 30.3 Å². The van der Waals surface area contributed by atoms with E-state index in [4.69, 9.17) is 0 Å².